The molecule has 0 saturated heterocycles. The van der Waals surface area contributed by atoms with Gasteiger partial charge in [0.05, 0.1) is 14.2 Å². The minimum atomic E-state index is 0. The van der Waals surface area contributed by atoms with Crippen LogP contribution in [0, 0.1) is 0 Å². The summed E-state index contributed by atoms with van der Waals surface area (Å²) in [6, 6.07) is 16.2. The Labute approximate surface area is 173 Å². The minimum absolute atomic E-state index is 0. The highest BCUT2D eigenvalue weighted by Gasteiger charge is 2.07. The Hall–Kier alpha value is -1.96. The largest absolute Gasteiger partial charge is 0.497 e. The highest BCUT2D eigenvalue weighted by molar-refractivity contribution is 14.0. The molecule has 1 N–H and O–H groups in total. The number of hydrogen-bond acceptors (Lipinski definition) is 3. The number of hydrogen-bond donors (Lipinski definition) is 1. The van der Waals surface area contributed by atoms with Gasteiger partial charge >= 0.3 is 0 Å². The lowest BCUT2D eigenvalue weighted by molar-refractivity contribution is 0.409. The van der Waals surface area contributed by atoms with Crippen molar-refractivity contribution >= 4 is 29.9 Å². The van der Waals surface area contributed by atoms with Crippen molar-refractivity contribution < 1.29 is 9.47 Å². The second-order valence-corrected chi connectivity index (χ2v) is 5.74. The molecule has 2 aromatic rings. The number of guanidine groups is 1. The van der Waals surface area contributed by atoms with E-state index in [-0.39, 0.29) is 24.0 Å². The molecule has 0 aromatic heterocycles. The first kappa shape index (κ1) is 22.1. The van der Waals surface area contributed by atoms with Gasteiger partial charge in [0.1, 0.15) is 11.5 Å². The van der Waals surface area contributed by atoms with Gasteiger partial charge in [0.15, 0.2) is 5.96 Å². The first-order valence-corrected chi connectivity index (χ1v) is 8.34. The SMILES string of the molecule is CN=C(NCCc1ccccc1OC)N(C)Cc1ccc(OC)cc1.I. The molecule has 0 aliphatic heterocycles. The average Bonchev–Trinajstić information content (AvgIpc) is 2.66. The fourth-order valence-electron chi connectivity index (χ4n) is 2.68. The maximum Gasteiger partial charge on any atom is 0.193 e. The summed E-state index contributed by atoms with van der Waals surface area (Å²) in [5.74, 6) is 2.65. The van der Waals surface area contributed by atoms with Crippen LogP contribution in [-0.4, -0.2) is 45.7 Å². The zero-order valence-corrected chi connectivity index (χ0v) is 18.2. The lowest BCUT2D eigenvalue weighted by Gasteiger charge is -2.22. The number of nitrogens with one attached hydrogen (secondary N) is 1. The smallest absolute Gasteiger partial charge is 0.193 e. The second-order valence-electron chi connectivity index (χ2n) is 5.74. The van der Waals surface area contributed by atoms with E-state index in [4.69, 9.17) is 9.47 Å². The molecule has 0 radical (unpaired) electrons. The molecule has 2 rings (SSSR count). The highest BCUT2D eigenvalue weighted by Crippen LogP contribution is 2.17. The fourth-order valence-corrected chi connectivity index (χ4v) is 2.68. The number of rotatable bonds is 7. The van der Waals surface area contributed by atoms with Gasteiger partial charge in [0.25, 0.3) is 0 Å². The zero-order chi connectivity index (χ0) is 18.1. The third-order valence-electron chi connectivity index (χ3n) is 4.02. The molecule has 6 heteroatoms. The molecule has 0 bridgehead atoms. The molecular weight excluding hydrogens is 441 g/mol. The van der Waals surface area contributed by atoms with Crippen LogP contribution in [0.15, 0.2) is 53.5 Å². The number of halogens is 1. The van der Waals surface area contributed by atoms with Crippen LogP contribution in [0.2, 0.25) is 0 Å². The zero-order valence-electron chi connectivity index (χ0n) is 15.9. The van der Waals surface area contributed by atoms with Crippen molar-refractivity contribution in [3.8, 4) is 11.5 Å². The highest BCUT2D eigenvalue weighted by atomic mass is 127. The fraction of sp³-hybridized carbons (Fsp3) is 0.350. The normalized spacial score (nSPS) is 10.7. The number of para-hydroxylation sites is 1. The van der Waals surface area contributed by atoms with Gasteiger partial charge in [0.2, 0.25) is 0 Å². The Bertz CT molecular complexity index is 690. The minimum Gasteiger partial charge on any atom is -0.497 e. The Morgan fingerprint density at radius 1 is 1.04 bits per heavy atom. The Kier molecular flexibility index (Phi) is 9.87. The van der Waals surface area contributed by atoms with Crippen LogP contribution in [0.1, 0.15) is 11.1 Å². The first-order chi connectivity index (χ1) is 12.2. The lowest BCUT2D eigenvalue weighted by Crippen LogP contribution is -2.39. The van der Waals surface area contributed by atoms with Crippen LogP contribution in [0.25, 0.3) is 0 Å². The summed E-state index contributed by atoms with van der Waals surface area (Å²) in [7, 11) is 7.21. The molecule has 0 spiro atoms. The van der Waals surface area contributed by atoms with Crippen LogP contribution in [-0.2, 0) is 13.0 Å². The van der Waals surface area contributed by atoms with E-state index in [0.717, 1.165) is 37.0 Å². The van der Waals surface area contributed by atoms with Gasteiger partial charge in [-0.2, -0.15) is 0 Å². The average molecular weight is 469 g/mol. The Morgan fingerprint density at radius 2 is 1.73 bits per heavy atom. The number of nitrogens with zero attached hydrogens (tertiary/aromatic N) is 2. The Balaban J connectivity index is 0.00000338. The van der Waals surface area contributed by atoms with E-state index in [1.807, 2.05) is 37.4 Å². The maximum absolute atomic E-state index is 5.40. The van der Waals surface area contributed by atoms with Gasteiger partial charge < -0.3 is 19.7 Å². The number of ether oxygens (including phenoxy) is 2. The molecule has 5 nitrogen and oxygen atoms in total. The topological polar surface area (TPSA) is 46.1 Å². The van der Waals surface area contributed by atoms with Crippen molar-refractivity contribution in [1.29, 1.82) is 0 Å². The molecule has 0 aliphatic carbocycles. The summed E-state index contributed by atoms with van der Waals surface area (Å²) in [6.45, 7) is 1.57. The van der Waals surface area contributed by atoms with E-state index in [1.54, 1.807) is 21.3 Å². The van der Waals surface area contributed by atoms with Gasteiger partial charge in [0, 0.05) is 27.2 Å². The molecule has 142 valence electrons. The van der Waals surface area contributed by atoms with Crippen LogP contribution in [0.4, 0.5) is 0 Å². The summed E-state index contributed by atoms with van der Waals surface area (Å²) in [4.78, 5) is 6.47. The first-order valence-electron chi connectivity index (χ1n) is 8.34. The molecule has 0 unspecified atom stereocenters. The molecule has 26 heavy (non-hydrogen) atoms. The van der Waals surface area contributed by atoms with Crippen LogP contribution >= 0.6 is 24.0 Å². The van der Waals surface area contributed by atoms with E-state index in [0.29, 0.717) is 0 Å². The monoisotopic (exact) mass is 469 g/mol. The van der Waals surface area contributed by atoms with Crippen molar-refractivity contribution in [3.63, 3.8) is 0 Å². The van der Waals surface area contributed by atoms with Gasteiger partial charge in [-0.25, -0.2) is 0 Å². The van der Waals surface area contributed by atoms with Gasteiger partial charge in [-0.3, -0.25) is 4.99 Å². The quantitative estimate of drug-likeness (QED) is 0.383. The standard InChI is InChI=1S/C20H27N3O2.HI/c1-21-20(22-14-13-17-7-5-6-8-19(17)25-4)23(2)15-16-9-11-18(24-3)12-10-16;/h5-12H,13-15H2,1-4H3,(H,21,22);1H. The predicted octanol–water partition coefficient (Wildman–Crippen LogP) is 3.57. The molecular formula is C20H28IN3O2. The van der Waals surface area contributed by atoms with E-state index in [9.17, 15) is 0 Å². The predicted molar refractivity (Wildman–Crippen MR) is 118 cm³/mol. The summed E-state index contributed by atoms with van der Waals surface area (Å²) >= 11 is 0. The van der Waals surface area contributed by atoms with Crippen LogP contribution < -0.4 is 14.8 Å². The lowest BCUT2D eigenvalue weighted by atomic mass is 10.1. The van der Waals surface area contributed by atoms with E-state index < -0.39 is 0 Å². The third kappa shape index (κ3) is 6.40. The van der Waals surface area contributed by atoms with Crippen molar-refractivity contribution in [3.05, 3.63) is 59.7 Å². The summed E-state index contributed by atoms with van der Waals surface area (Å²) < 4.78 is 10.6. The number of benzene rings is 2. The van der Waals surface area contributed by atoms with Crippen molar-refractivity contribution in [2.75, 3.05) is 34.9 Å². The molecule has 0 fully saturated rings. The molecule has 0 heterocycles. The molecule has 0 amide bonds. The molecule has 0 atom stereocenters. The Morgan fingerprint density at radius 3 is 2.35 bits per heavy atom. The van der Waals surface area contributed by atoms with Crippen LogP contribution in [0.3, 0.4) is 0 Å². The third-order valence-corrected chi connectivity index (χ3v) is 4.02. The molecule has 2 aromatic carbocycles. The maximum atomic E-state index is 5.40. The van der Waals surface area contributed by atoms with Crippen molar-refractivity contribution in [1.82, 2.24) is 10.2 Å². The summed E-state index contributed by atoms with van der Waals surface area (Å²) in [5.41, 5.74) is 2.39. The number of methoxy groups -OCH3 is 2. The number of aliphatic imine (C=N–C) groups is 1. The molecule has 0 saturated carbocycles. The van der Waals surface area contributed by atoms with Gasteiger partial charge in [-0.05, 0) is 35.7 Å². The van der Waals surface area contributed by atoms with Gasteiger partial charge in [-0.15, -0.1) is 24.0 Å². The second kappa shape index (κ2) is 11.6. The van der Waals surface area contributed by atoms with Crippen LogP contribution in [0.5, 0.6) is 11.5 Å². The van der Waals surface area contributed by atoms with Crippen molar-refractivity contribution in [2.45, 2.75) is 13.0 Å². The van der Waals surface area contributed by atoms with E-state index >= 15 is 0 Å². The van der Waals surface area contributed by atoms with Crippen molar-refractivity contribution in [2.24, 2.45) is 4.99 Å². The molecule has 0 aliphatic rings. The summed E-state index contributed by atoms with van der Waals surface area (Å²) in [5, 5.41) is 3.41. The van der Waals surface area contributed by atoms with E-state index in [1.165, 1.54) is 11.1 Å². The van der Waals surface area contributed by atoms with E-state index in [2.05, 4.69) is 33.4 Å². The summed E-state index contributed by atoms with van der Waals surface area (Å²) in [6.07, 6.45) is 0.874. The van der Waals surface area contributed by atoms with Gasteiger partial charge in [-0.1, -0.05) is 30.3 Å².